The monoisotopic (exact) mass is 255 g/mol. The molecule has 0 amide bonds. The number of aliphatic carboxylic acids is 1. The molecule has 1 aromatic rings. The molecule has 1 rings (SSSR count). The van der Waals surface area contributed by atoms with Crippen molar-refractivity contribution >= 4 is 17.6 Å². The third-order valence-electron chi connectivity index (χ3n) is 2.99. The highest BCUT2D eigenvalue weighted by atomic mass is 35.5. The van der Waals surface area contributed by atoms with E-state index in [1.165, 1.54) is 0 Å². The fraction of sp³-hybridized carbons (Fsp3) is 0.462. The largest absolute Gasteiger partial charge is 0.480 e. The zero-order chi connectivity index (χ0) is 13.1. The zero-order valence-corrected chi connectivity index (χ0v) is 10.9. The Hall–Kier alpha value is -1.06. The van der Waals surface area contributed by atoms with Crippen molar-refractivity contribution in [1.82, 2.24) is 0 Å². The van der Waals surface area contributed by atoms with Gasteiger partial charge in [-0.25, -0.2) is 0 Å². The van der Waals surface area contributed by atoms with Gasteiger partial charge < -0.3 is 10.8 Å². The lowest BCUT2D eigenvalue weighted by atomic mass is 9.84. The topological polar surface area (TPSA) is 63.3 Å². The van der Waals surface area contributed by atoms with Gasteiger partial charge in [-0.05, 0) is 43.4 Å². The van der Waals surface area contributed by atoms with Crippen molar-refractivity contribution in [2.24, 2.45) is 5.73 Å². The second-order valence-corrected chi connectivity index (χ2v) is 5.02. The minimum Gasteiger partial charge on any atom is -0.480 e. The Morgan fingerprint density at radius 2 is 2.00 bits per heavy atom. The quantitative estimate of drug-likeness (QED) is 0.850. The number of hydrogen-bond acceptors (Lipinski definition) is 2. The lowest BCUT2D eigenvalue weighted by Gasteiger charge is -2.25. The van der Waals surface area contributed by atoms with Crippen molar-refractivity contribution in [3.8, 4) is 0 Å². The minimum atomic E-state index is -1.19. The van der Waals surface area contributed by atoms with Crippen LogP contribution in [-0.4, -0.2) is 16.6 Å². The minimum absolute atomic E-state index is 0.137. The van der Waals surface area contributed by atoms with Gasteiger partial charge in [0.1, 0.15) is 5.54 Å². The standard InChI is InChI=1S/C13H18ClNO2/c1-3-9(8-13(2,15)12(16)17)10-4-6-11(14)7-5-10/h4-7,9H,3,8,15H2,1-2H3,(H,16,17). The van der Waals surface area contributed by atoms with Gasteiger partial charge in [0.2, 0.25) is 0 Å². The van der Waals surface area contributed by atoms with E-state index in [4.69, 9.17) is 22.4 Å². The van der Waals surface area contributed by atoms with Crippen molar-refractivity contribution in [3.63, 3.8) is 0 Å². The average molecular weight is 256 g/mol. The number of carboxylic acid groups (broad SMARTS) is 1. The van der Waals surface area contributed by atoms with E-state index in [0.717, 1.165) is 12.0 Å². The van der Waals surface area contributed by atoms with Crippen molar-refractivity contribution in [2.75, 3.05) is 0 Å². The molecule has 0 fully saturated rings. The lowest BCUT2D eigenvalue weighted by molar-refractivity contribution is -0.143. The summed E-state index contributed by atoms with van der Waals surface area (Å²) < 4.78 is 0. The molecule has 2 unspecified atom stereocenters. The normalized spacial score (nSPS) is 16.2. The molecule has 94 valence electrons. The van der Waals surface area contributed by atoms with Crippen LogP contribution in [-0.2, 0) is 4.79 Å². The van der Waals surface area contributed by atoms with E-state index < -0.39 is 11.5 Å². The highest BCUT2D eigenvalue weighted by molar-refractivity contribution is 6.30. The molecule has 0 heterocycles. The number of hydrogen-bond donors (Lipinski definition) is 2. The van der Waals surface area contributed by atoms with Crippen molar-refractivity contribution < 1.29 is 9.90 Å². The van der Waals surface area contributed by atoms with Gasteiger partial charge in [0, 0.05) is 5.02 Å². The van der Waals surface area contributed by atoms with Gasteiger partial charge in [0.05, 0.1) is 0 Å². The summed E-state index contributed by atoms with van der Waals surface area (Å²) in [7, 11) is 0. The van der Waals surface area contributed by atoms with E-state index in [-0.39, 0.29) is 5.92 Å². The molecular weight excluding hydrogens is 238 g/mol. The van der Waals surface area contributed by atoms with Crippen LogP contribution in [0.25, 0.3) is 0 Å². The van der Waals surface area contributed by atoms with Crippen LogP contribution in [0, 0.1) is 0 Å². The third kappa shape index (κ3) is 3.72. The fourth-order valence-electron chi connectivity index (χ4n) is 1.83. The highest BCUT2D eigenvalue weighted by Crippen LogP contribution is 2.28. The number of carbonyl (C=O) groups is 1. The number of benzene rings is 1. The predicted octanol–water partition coefficient (Wildman–Crippen LogP) is 3.03. The smallest absolute Gasteiger partial charge is 0.323 e. The molecule has 0 aromatic heterocycles. The first-order chi connectivity index (χ1) is 7.86. The van der Waals surface area contributed by atoms with Crippen LogP contribution >= 0.6 is 11.6 Å². The van der Waals surface area contributed by atoms with Crippen molar-refractivity contribution in [1.29, 1.82) is 0 Å². The van der Waals surface area contributed by atoms with Crippen molar-refractivity contribution in [3.05, 3.63) is 34.9 Å². The molecule has 0 radical (unpaired) electrons. The first kappa shape index (κ1) is 14.0. The van der Waals surface area contributed by atoms with Gasteiger partial charge >= 0.3 is 5.97 Å². The fourth-order valence-corrected chi connectivity index (χ4v) is 1.96. The zero-order valence-electron chi connectivity index (χ0n) is 10.1. The molecule has 3 N–H and O–H groups in total. The van der Waals surface area contributed by atoms with Gasteiger partial charge in [0.25, 0.3) is 0 Å². The van der Waals surface area contributed by atoms with E-state index in [2.05, 4.69) is 0 Å². The Balaban J connectivity index is 2.86. The molecule has 0 aliphatic heterocycles. The molecule has 0 aliphatic carbocycles. The maximum atomic E-state index is 11.0. The van der Waals surface area contributed by atoms with Gasteiger partial charge in [-0.2, -0.15) is 0 Å². The Kier molecular flexibility index (Phi) is 4.54. The maximum Gasteiger partial charge on any atom is 0.323 e. The van der Waals surface area contributed by atoms with Crippen LogP contribution in [0.3, 0.4) is 0 Å². The summed E-state index contributed by atoms with van der Waals surface area (Å²) in [5.74, 6) is -0.830. The van der Waals surface area contributed by atoms with Crippen LogP contribution in [0.5, 0.6) is 0 Å². The molecule has 17 heavy (non-hydrogen) atoms. The molecule has 2 atom stereocenters. The molecular formula is C13H18ClNO2. The first-order valence-corrected chi connectivity index (χ1v) is 6.02. The molecule has 1 aromatic carbocycles. The Morgan fingerprint density at radius 1 is 1.47 bits per heavy atom. The summed E-state index contributed by atoms with van der Waals surface area (Å²) in [6.45, 7) is 3.57. The van der Waals surface area contributed by atoms with Crippen molar-refractivity contribution in [2.45, 2.75) is 38.1 Å². The molecule has 0 saturated carbocycles. The summed E-state index contributed by atoms with van der Waals surface area (Å²) in [6.07, 6.45) is 1.27. The highest BCUT2D eigenvalue weighted by Gasteiger charge is 2.31. The number of rotatable bonds is 5. The second-order valence-electron chi connectivity index (χ2n) is 4.58. The van der Waals surface area contributed by atoms with Crippen LogP contribution in [0.1, 0.15) is 38.2 Å². The number of halogens is 1. The van der Waals surface area contributed by atoms with Gasteiger partial charge in [-0.3, -0.25) is 4.79 Å². The Bertz CT molecular complexity index is 387. The summed E-state index contributed by atoms with van der Waals surface area (Å²) in [4.78, 5) is 11.0. The number of nitrogens with two attached hydrogens (primary N) is 1. The van der Waals surface area contributed by atoms with E-state index in [1.54, 1.807) is 6.92 Å². The van der Waals surface area contributed by atoms with Crippen LogP contribution < -0.4 is 5.73 Å². The van der Waals surface area contributed by atoms with Gasteiger partial charge in [-0.15, -0.1) is 0 Å². The summed E-state index contributed by atoms with van der Waals surface area (Å²) in [6, 6.07) is 7.48. The van der Waals surface area contributed by atoms with Crippen LogP contribution in [0.15, 0.2) is 24.3 Å². The van der Waals surface area contributed by atoms with E-state index >= 15 is 0 Å². The lowest BCUT2D eigenvalue weighted by Crippen LogP contribution is -2.45. The third-order valence-corrected chi connectivity index (χ3v) is 3.25. The van der Waals surface area contributed by atoms with E-state index in [9.17, 15) is 4.79 Å². The summed E-state index contributed by atoms with van der Waals surface area (Å²) in [5, 5.41) is 9.71. The Labute approximate surface area is 107 Å². The predicted molar refractivity (Wildman–Crippen MR) is 69.3 cm³/mol. The molecule has 4 heteroatoms. The van der Waals surface area contributed by atoms with Crippen LogP contribution in [0.4, 0.5) is 0 Å². The first-order valence-electron chi connectivity index (χ1n) is 5.64. The average Bonchev–Trinajstić information content (AvgIpc) is 2.27. The van der Waals surface area contributed by atoms with E-state index in [1.807, 2.05) is 31.2 Å². The molecule has 0 aliphatic rings. The molecule has 0 spiro atoms. The van der Waals surface area contributed by atoms with Gasteiger partial charge in [-0.1, -0.05) is 30.7 Å². The van der Waals surface area contributed by atoms with Gasteiger partial charge in [0.15, 0.2) is 0 Å². The second kappa shape index (κ2) is 5.52. The SMILES string of the molecule is CCC(CC(C)(N)C(=O)O)c1ccc(Cl)cc1. The molecule has 0 bridgehead atoms. The number of carboxylic acids is 1. The molecule has 0 saturated heterocycles. The summed E-state index contributed by atoms with van der Waals surface area (Å²) >= 11 is 5.82. The van der Waals surface area contributed by atoms with E-state index in [0.29, 0.717) is 11.4 Å². The maximum absolute atomic E-state index is 11.0. The van der Waals surface area contributed by atoms with Crippen LogP contribution in [0.2, 0.25) is 5.02 Å². The summed E-state index contributed by atoms with van der Waals surface area (Å²) in [5.41, 5.74) is 5.66. The Morgan fingerprint density at radius 3 is 2.41 bits per heavy atom. The molecule has 3 nitrogen and oxygen atoms in total.